The molecule has 2 aliphatic rings. The summed E-state index contributed by atoms with van der Waals surface area (Å²) in [6.07, 6.45) is 6.96. The number of nitrogens with zero attached hydrogens (tertiary/aromatic N) is 1. The predicted molar refractivity (Wildman–Crippen MR) is 170 cm³/mol. The highest BCUT2D eigenvalue weighted by molar-refractivity contribution is 6.42. The Kier molecular flexibility index (Phi) is 9.43. The van der Waals surface area contributed by atoms with Crippen molar-refractivity contribution < 1.29 is 9.53 Å². The van der Waals surface area contributed by atoms with E-state index in [9.17, 15) is 4.79 Å². The first-order valence-corrected chi connectivity index (χ1v) is 15.5. The number of piperidine rings is 1. The maximum atomic E-state index is 13.4. The summed E-state index contributed by atoms with van der Waals surface area (Å²) in [6, 6.07) is 22.6. The minimum Gasteiger partial charge on any atom is -0.491 e. The van der Waals surface area contributed by atoms with E-state index in [4.69, 9.17) is 27.9 Å². The quantitative estimate of drug-likeness (QED) is 0.259. The molecule has 3 aromatic rings. The topological polar surface area (TPSA) is 41.6 Å². The summed E-state index contributed by atoms with van der Waals surface area (Å²) in [7, 11) is 1.90. The number of allylic oxidation sites excluding steroid dienone is 1. The van der Waals surface area contributed by atoms with Crippen LogP contribution in [0.1, 0.15) is 67.7 Å². The van der Waals surface area contributed by atoms with Crippen molar-refractivity contribution in [2.24, 2.45) is 0 Å². The van der Waals surface area contributed by atoms with Crippen molar-refractivity contribution in [3.05, 3.63) is 105 Å². The van der Waals surface area contributed by atoms with Gasteiger partial charge in [-0.05, 0) is 99.1 Å². The summed E-state index contributed by atoms with van der Waals surface area (Å²) in [5.74, 6) is 0.996. The van der Waals surface area contributed by atoms with Crippen LogP contribution in [0, 0.1) is 0 Å². The first-order valence-electron chi connectivity index (χ1n) is 14.7. The number of benzene rings is 3. The molecule has 1 heterocycles. The van der Waals surface area contributed by atoms with Gasteiger partial charge in [0.1, 0.15) is 5.75 Å². The van der Waals surface area contributed by atoms with Gasteiger partial charge in [-0.25, -0.2) is 0 Å². The van der Waals surface area contributed by atoms with E-state index < -0.39 is 0 Å². The van der Waals surface area contributed by atoms with Crippen LogP contribution in [0.4, 0.5) is 0 Å². The minimum atomic E-state index is 0.0825. The molecule has 1 fully saturated rings. The summed E-state index contributed by atoms with van der Waals surface area (Å²) >= 11 is 12.8. The third-order valence-electron chi connectivity index (χ3n) is 8.60. The average Bonchev–Trinajstić information content (AvgIpc) is 3.25. The van der Waals surface area contributed by atoms with Gasteiger partial charge in [0.05, 0.1) is 22.6 Å². The van der Waals surface area contributed by atoms with Gasteiger partial charge in [-0.3, -0.25) is 4.79 Å². The summed E-state index contributed by atoms with van der Waals surface area (Å²) in [5.41, 5.74) is 6.51. The fourth-order valence-corrected chi connectivity index (χ4v) is 6.82. The highest BCUT2D eigenvalue weighted by Crippen LogP contribution is 2.50. The zero-order chi connectivity index (χ0) is 29.0. The molecule has 1 amide bonds. The molecule has 1 N–H and O–H groups in total. The molecule has 1 saturated heterocycles. The number of likely N-dealkylation sites (N-methyl/N-ethyl adjacent to an activating group) is 1. The van der Waals surface area contributed by atoms with E-state index in [0.29, 0.717) is 23.0 Å². The average molecular weight is 592 g/mol. The normalized spacial score (nSPS) is 16.4. The van der Waals surface area contributed by atoms with Crippen molar-refractivity contribution in [3.63, 3.8) is 0 Å². The van der Waals surface area contributed by atoms with Crippen LogP contribution in [-0.2, 0) is 16.6 Å². The Morgan fingerprint density at radius 3 is 2.54 bits per heavy atom. The first-order chi connectivity index (χ1) is 19.7. The number of carbonyl (C=O) groups excluding carboxylic acids is 1. The summed E-state index contributed by atoms with van der Waals surface area (Å²) in [6.45, 7) is 6.67. The smallest absolute Gasteiger partial charge is 0.226 e. The van der Waals surface area contributed by atoms with Gasteiger partial charge in [0, 0.05) is 24.9 Å². The monoisotopic (exact) mass is 590 g/mol. The lowest BCUT2D eigenvalue weighted by molar-refractivity contribution is -0.129. The van der Waals surface area contributed by atoms with Crippen LogP contribution in [0.25, 0.3) is 6.08 Å². The number of fused-ring (bicyclic) bond motifs is 2. The van der Waals surface area contributed by atoms with E-state index in [1.54, 1.807) is 0 Å². The molecule has 0 unspecified atom stereocenters. The molecule has 5 rings (SSSR count). The summed E-state index contributed by atoms with van der Waals surface area (Å²) < 4.78 is 5.83. The van der Waals surface area contributed by atoms with Crippen molar-refractivity contribution >= 4 is 35.2 Å². The lowest BCUT2D eigenvalue weighted by atomic mass is 9.69. The molecular formula is C35H40Cl2N2O2. The van der Waals surface area contributed by atoms with Crippen molar-refractivity contribution in [2.45, 2.75) is 63.4 Å². The molecule has 1 aliphatic heterocycles. The molecule has 41 heavy (non-hydrogen) atoms. The molecule has 0 radical (unpaired) electrons. The van der Waals surface area contributed by atoms with Gasteiger partial charge < -0.3 is 15.0 Å². The van der Waals surface area contributed by atoms with Gasteiger partial charge in [-0.1, -0.05) is 77.3 Å². The number of rotatable bonds is 10. The van der Waals surface area contributed by atoms with Gasteiger partial charge in [0.2, 0.25) is 5.91 Å². The van der Waals surface area contributed by atoms with Gasteiger partial charge in [0.25, 0.3) is 0 Å². The van der Waals surface area contributed by atoms with Crippen LogP contribution in [0.5, 0.6) is 5.75 Å². The van der Waals surface area contributed by atoms with Crippen LogP contribution >= 0.6 is 23.2 Å². The van der Waals surface area contributed by atoms with E-state index >= 15 is 0 Å². The third kappa shape index (κ3) is 6.83. The predicted octanol–water partition coefficient (Wildman–Crippen LogP) is 8.06. The maximum absolute atomic E-state index is 13.4. The van der Waals surface area contributed by atoms with Crippen LogP contribution < -0.4 is 10.1 Å². The van der Waals surface area contributed by atoms with E-state index in [2.05, 4.69) is 41.7 Å². The van der Waals surface area contributed by atoms with E-state index in [-0.39, 0.29) is 23.3 Å². The van der Waals surface area contributed by atoms with Gasteiger partial charge in [-0.15, -0.1) is 0 Å². The SMILES string of the molecule is CC(C)Oc1cccc(CC(=O)N(C)C[C@@H](CCC2=Cc3ccccc3C23CCNCC3)c2ccc(Cl)c(Cl)c2)c1. The van der Waals surface area contributed by atoms with E-state index in [1.807, 2.05) is 62.2 Å². The molecule has 6 heteroatoms. The highest BCUT2D eigenvalue weighted by atomic mass is 35.5. The standard InChI is InChI=1S/C35H40Cl2N2O2/c1-24(2)41-30-9-6-7-25(19-30)20-34(40)39(3)23-28(26-12-14-32(36)33(37)22-26)11-13-29-21-27-8-4-5-10-31(27)35(29)15-17-38-18-16-35/h4-10,12,14,19,21-22,24,28,38H,11,13,15-18,20,23H2,1-3H3/t28-/m1/s1. The molecular weight excluding hydrogens is 551 g/mol. The number of amides is 1. The molecule has 3 aromatic carbocycles. The third-order valence-corrected chi connectivity index (χ3v) is 9.34. The number of hydrogen-bond acceptors (Lipinski definition) is 3. The zero-order valence-corrected chi connectivity index (χ0v) is 25.8. The Morgan fingerprint density at radius 2 is 1.78 bits per heavy atom. The van der Waals surface area contributed by atoms with Gasteiger partial charge >= 0.3 is 0 Å². The Morgan fingerprint density at radius 1 is 1.00 bits per heavy atom. The van der Waals surface area contributed by atoms with Crippen LogP contribution in [0.2, 0.25) is 10.0 Å². The van der Waals surface area contributed by atoms with Gasteiger partial charge in [-0.2, -0.15) is 0 Å². The maximum Gasteiger partial charge on any atom is 0.226 e. The van der Waals surface area contributed by atoms with Crippen LogP contribution in [0.15, 0.2) is 72.3 Å². The molecule has 216 valence electrons. The molecule has 1 aliphatic carbocycles. The summed E-state index contributed by atoms with van der Waals surface area (Å²) in [5, 5.41) is 4.65. The second kappa shape index (κ2) is 13.0. The van der Waals surface area contributed by atoms with Crippen molar-refractivity contribution in [3.8, 4) is 5.75 Å². The molecule has 1 atom stereocenters. The van der Waals surface area contributed by atoms with Crippen LogP contribution in [0.3, 0.4) is 0 Å². The van der Waals surface area contributed by atoms with Gasteiger partial charge in [0.15, 0.2) is 0 Å². The minimum absolute atomic E-state index is 0.0825. The highest BCUT2D eigenvalue weighted by Gasteiger charge is 2.41. The van der Waals surface area contributed by atoms with Crippen molar-refractivity contribution in [1.29, 1.82) is 0 Å². The number of nitrogens with one attached hydrogen (secondary N) is 1. The van der Waals surface area contributed by atoms with Crippen molar-refractivity contribution in [2.75, 3.05) is 26.7 Å². The molecule has 4 nitrogen and oxygen atoms in total. The number of halogens is 2. The molecule has 1 spiro atoms. The second-order valence-electron chi connectivity index (χ2n) is 11.8. The van der Waals surface area contributed by atoms with Crippen molar-refractivity contribution in [1.82, 2.24) is 10.2 Å². The summed E-state index contributed by atoms with van der Waals surface area (Å²) in [4.78, 5) is 15.3. The number of ether oxygens (including phenoxy) is 1. The fraction of sp³-hybridized carbons (Fsp3) is 0.400. The molecule has 0 saturated carbocycles. The number of carbonyl (C=O) groups is 1. The number of hydrogen-bond donors (Lipinski definition) is 1. The van der Waals surface area contributed by atoms with E-state index in [1.165, 1.54) is 16.7 Å². The lowest BCUT2D eigenvalue weighted by Crippen LogP contribution is -2.40. The van der Waals surface area contributed by atoms with Crippen LogP contribution in [-0.4, -0.2) is 43.6 Å². The van der Waals surface area contributed by atoms with E-state index in [0.717, 1.165) is 55.6 Å². The first kappa shape index (κ1) is 29.7. The second-order valence-corrected chi connectivity index (χ2v) is 12.6. The molecule has 0 bridgehead atoms. The Hall–Kier alpha value is -2.79. The zero-order valence-electron chi connectivity index (χ0n) is 24.3. The largest absolute Gasteiger partial charge is 0.491 e. The fourth-order valence-electron chi connectivity index (χ4n) is 6.52. The Balaban J connectivity index is 1.34. The molecule has 0 aromatic heterocycles. The lowest BCUT2D eigenvalue weighted by Gasteiger charge is -2.38. The Bertz CT molecular complexity index is 1410. The Labute approximate surface area is 254 Å².